The third kappa shape index (κ3) is 3.66. The van der Waals surface area contributed by atoms with Gasteiger partial charge in [-0.3, -0.25) is 4.79 Å². The van der Waals surface area contributed by atoms with Crippen molar-refractivity contribution in [2.24, 2.45) is 0 Å². The molecule has 1 aliphatic heterocycles. The lowest BCUT2D eigenvalue weighted by Crippen LogP contribution is -2.31. The van der Waals surface area contributed by atoms with Gasteiger partial charge in [-0.25, -0.2) is 4.98 Å². The second kappa shape index (κ2) is 5.96. The highest BCUT2D eigenvalue weighted by Crippen LogP contribution is 2.11. The van der Waals surface area contributed by atoms with Crippen LogP contribution in [0.4, 0.5) is 0 Å². The summed E-state index contributed by atoms with van der Waals surface area (Å²) in [5.74, 6) is 0.828. The van der Waals surface area contributed by atoms with E-state index in [1.807, 2.05) is 6.92 Å². The normalized spacial score (nSPS) is 21.1. The Morgan fingerprint density at radius 3 is 3.12 bits per heavy atom. The predicted octanol–water partition coefficient (Wildman–Crippen LogP) is 1.41. The van der Waals surface area contributed by atoms with Crippen molar-refractivity contribution < 1.29 is 0 Å². The van der Waals surface area contributed by atoms with E-state index in [9.17, 15) is 4.79 Å². The first-order valence-electron chi connectivity index (χ1n) is 6.60. The number of rotatable bonds is 3. The Kier molecular flexibility index (Phi) is 4.31. The van der Waals surface area contributed by atoms with E-state index in [1.165, 1.54) is 25.7 Å². The molecule has 4 heteroatoms. The summed E-state index contributed by atoms with van der Waals surface area (Å²) in [4.78, 5) is 18.8. The average molecular weight is 235 g/mol. The highest BCUT2D eigenvalue weighted by atomic mass is 16.1. The van der Waals surface area contributed by atoms with Crippen molar-refractivity contribution in [1.82, 2.24) is 15.3 Å². The molecule has 2 N–H and O–H groups in total. The lowest BCUT2D eigenvalue weighted by molar-refractivity contribution is 0.496. The summed E-state index contributed by atoms with van der Waals surface area (Å²) in [7, 11) is 0. The van der Waals surface area contributed by atoms with Gasteiger partial charge in [-0.1, -0.05) is 19.8 Å². The van der Waals surface area contributed by atoms with Crippen LogP contribution in [0.1, 0.15) is 44.1 Å². The molecule has 2 heterocycles. The third-order valence-electron chi connectivity index (χ3n) is 3.31. The molecule has 1 atom stereocenters. The van der Waals surface area contributed by atoms with E-state index in [0.29, 0.717) is 6.04 Å². The Morgan fingerprint density at radius 2 is 2.29 bits per heavy atom. The van der Waals surface area contributed by atoms with Crippen LogP contribution in [0.15, 0.2) is 10.9 Å². The molecule has 0 bridgehead atoms. The largest absolute Gasteiger partial charge is 0.314 e. The summed E-state index contributed by atoms with van der Waals surface area (Å²) in [6.07, 6.45) is 6.67. The summed E-state index contributed by atoms with van der Waals surface area (Å²) in [5, 5.41) is 3.52. The summed E-state index contributed by atoms with van der Waals surface area (Å²) in [6, 6.07) is 2.05. The van der Waals surface area contributed by atoms with Crippen molar-refractivity contribution in [3.05, 3.63) is 27.9 Å². The second-order valence-corrected chi connectivity index (χ2v) is 4.74. The zero-order chi connectivity index (χ0) is 12.1. The van der Waals surface area contributed by atoms with E-state index in [-0.39, 0.29) is 5.56 Å². The summed E-state index contributed by atoms with van der Waals surface area (Å²) in [5.41, 5.74) is 0.859. The Morgan fingerprint density at radius 1 is 1.41 bits per heavy atom. The molecule has 0 saturated carbocycles. The van der Waals surface area contributed by atoms with Crippen molar-refractivity contribution in [2.75, 3.05) is 6.54 Å². The molecular formula is C13H21N3O. The number of nitrogens with one attached hydrogen (secondary N) is 2. The average Bonchev–Trinajstić information content (AvgIpc) is 2.57. The van der Waals surface area contributed by atoms with E-state index < -0.39 is 0 Å². The van der Waals surface area contributed by atoms with Crippen LogP contribution >= 0.6 is 0 Å². The van der Waals surface area contributed by atoms with Gasteiger partial charge < -0.3 is 10.3 Å². The molecule has 0 aliphatic carbocycles. The van der Waals surface area contributed by atoms with Crippen molar-refractivity contribution in [3.63, 3.8) is 0 Å². The SMILES string of the molecule is CCc1cc(=O)[nH]c(CC2CCCCCN2)n1. The maximum absolute atomic E-state index is 11.5. The van der Waals surface area contributed by atoms with Crippen LogP contribution in [0.2, 0.25) is 0 Å². The fourth-order valence-electron chi connectivity index (χ4n) is 2.35. The molecule has 0 radical (unpaired) electrons. The number of H-pyrrole nitrogens is 1. The first-order chi connectivity index (χ1) is 8.28. The molecule has 1 aromatic heterocycles. The molecule has 0 amide bonds. The maximum Gasteiger partial charge on any atom is 0.251 e. The molecule has 94 valence electrons. The van der Waals surface area contributed by atoms with E-state index in [2.05, 4.69) is 15.3 Å². The summed E-state index contributed by atoms with van der Waals surface area (Å²) in [6.45, 7) is 3.11. The smallest absolute Gasteiger partial charge is 0.251 e. The number of aryl methyl sites for hydroxylation is 1. The van der Waals surface area contributed by atoms with E-state index in [1.54, 1.807) is 6.07 Å². The van der Waals surface area contributed by atoms with Crippen LogP contribution in [-0.2, 0) is 12.8 Å². The second-order valence-electron chi connectivity index (χ2n) is 4.74. The van der Waals surface area contributed by atoms with Gasteiger partial charge in [-0.2, -0.15) is 0 Å². The molecule has 1 unspecified atom stereocenters. The lowest BCUT2D eigenvalue weighted by Gasteiger charge is -2.15. The topological polar surface area (TPSA) is 57.8 Å². The minimum atomic E-state index is -0.0273. The van der Waals surface area contributed by atoms with Gasteiger partial charge in [0.2, 0.25) is 0 Å². The zero-order valence-corrected chi connectivity index (χ0v) is 10.5. The minimum Gasteiger partial charge on any atom is -0.314 e. The Labute approximate surface area is 102 Å². The predicted molar refractivity (Wildman–Crippen MR) is 68.2 cm³/mol. The Bertz CT molecular complexity index is 405. The molecule has 1 aromatic rings. The summed E-state index contributed by atoms with van der Waals surface area (Å²) < 4.78 is 0. The van der Waals surface area contributed by atoms with Gasteiger partial charge in [-0.05, 0) is 25.8 Å². The Hall–Kier alpha value is -1.16. The van der Waals surface area contributed by atoms with Gasteiger partial charge in [0.15, 0.2) is 0 Å². The third-order valence-corrected chi connectivity index (χ3v) is 3.31. The first-order valence-corrected chi connectivity index (χ1v) is 6.60. The van der Waals surface area contributed by atoms with Crippen molar-refractivity contribution in [1.29, 1.82) is 0 Å². The van der Waals surface area contributed by atoms with Crippen LogP contribution in [0.25, 0.3) is 0 Å². The number of hydrogen-bond donors (Lipinski definition) is 2. The monoisotopic (exact) mass is 235 g/mol. The summed E-state index contributed by atoms with van der Waals surface area (Å²) >= 11 is 0. The van der Waals surface area contributed by atoms with Crippen molar-refractivity contribution in [2.45, 2.75) is 51.5 Å². The quantitative estimate of drug-likeness (QED) is 0.832. The number of nitrogens with zero attached hydrogens (tertiary/aromatic N) is 1. The van der Waals surface area contributed by atoms with Crippen LogP contribution in [0, 0.1) is 0 Å². The van der Waals surface area contributed by atoms with Gasteiger partial charge >= 0.3 is 0 Å². The standard InChI is InChI=1S/C13H21N3O/c1-2-10-9-13(17)16-12(15-10)8-11-6-4-3-5-7-14-11/h9,11,14H,2-8H2,1H3,(H,15,16,17). The van der Waals surface area contributed by atoms with Crippen LogP contribution in [0.5, 0.6) is 0 Å². The molecule has 1 fully saturated rings. The Balaban J connectivity index is 2.06. The number of aromatic nitrogens is 2. The van der Waals surface area contributed by atoms with Gasteiger partial charge in [0.1, 0.15) is 5.82 Å². The fourth-order valence-corrected chi connectivity index (χ4v) is 2.35. The molecular weight excluding hydrogens is 214 g/mol. The van der Waals surface area contributed by atoms with Crippen molar-refractivity contribution in [3.8, 4) is 0 Å². The van der Waals surface area contributed by atoms with Gasteiger partial charge in [0.25, 0.3) is 5.56 Å². The maximum atomic E-state index is 11.5. The number of aromatic amines is 1. The van der Waals surface area contributed by atoms with E-state index in [0.717, 1.165) is 30.9 Å². The lowest BCUT2D eigenvalue weighted by atomic mass is 10.1. The van der Waals surface area contributed by atoms with Crippen molar-refractivity contribution >= 4 is 0 Å². The van der Waals surface area contributed by atoms with Crippen LogP contribution in [0.3, 0.4) is 0 Å². The minimum absolute atomic E-state index is 0.0273. The van der Waals surface area contributed by atoms with Gasteiger partial charge in [-0.15, -0.1) is 0 Å². The molecule has 0 aromatic carbocycles. The molecule has 1 saturated heterocycles. The number of hydrogen-bond acceptors (Lipinski definition) is 3. The van der Waals surface area contributed by atoms with Gasteiger partial charge in [0, 0.05) is 24.2 Å². The zero-order valence-electron chi connectivity index (χ0n) is 10.5. The van der Waals surface area contributed by atoms with E-state index >= 15 is 0 Å². The highest BCUT2D eigenvalue weighted by molar-refractivity contribution is 5.03. The first kappa shape index (κ1) is 12.3. The van der Waals surface area contributed by atoms with E-state index in [4.69, 9.17) is 0 Å². The molecule has 1 aliphatic rings. The molecule has 0 spiro atoms. The van der Waals surface area contributed by atoms with Crippen LogP contribution < -0.4 is 10.9 Å². The molecule has 2 rings (SSSR count). The molecule has 17 heavy (non-hydrogen) atoms. The van der Waals surface area contributed by atoms with Crippen LogP contribution in [-0.4, -0.2) is 22.6 Å². The molecule has 4 nitrogen and oxygen atoms in total. The highest BCUT2D eigenvalue weighted by Gasteiger charge is 2.13. The fraction of sp³-hybridized carbons (Fsp3) is 0.692. The van der Waals surface area contributed by atoms with Gasteiger partial charge in [0.05, 0.1) is 0 Å².